The number of benzene rings is 2. The SMILES string of the molecule is Cc1cccc(Oc2cc(NC(=O)c3c(Br)c(C)nn3C)cc([N+](=O)[O-])c2)c1. The molecular weight excluding hydrogens is 428 g/mol. The molecule has 1 heterocycles. The molecule has 2 aromatic carbocycles. The number of nitrogens with one attached hydrogen (secondary N) is 1. The highest BCUT2D eigenvalue weighted by atomic mass is 79.9. The first-order valence-corrected chi connectivity index (χ1v) is 9.08. The highest BCUT2D eigenvalue weighted by Crippen LogP contribution is 2.31. The highest BCUT2D eigenvalue weighted by molar-refractivity contribution is 9.10. The zero-order valence-corrected chi connectivity index (χ0v) is 17.0. The van der Waals surface area contributed by atoms with Gasteiger partial charge in [-0.15, -0.1) is 0 Å². The molecule has 0 bridgehead atoms. The minimum absolute atomic E-state index is 0.194. The summed E-state index contributed by atoms with van der Waals surface area (Å²) in [5, 5.41) is 18.1. The lowest BCUT2D eigenvalue weighted by Crippen LogP contribution is -2.16. The number of halogens is 1. The van der Waals surface area contributed by atoms with Crippen LogP contribution in [-0.2, 0) is 7.05 Å². The number of aryl methyl sites for hydroxylation is 3. The molecule has 0 aliphatic heterocycles. The summed E-state index contributed by atoms with van der Waals surface area (Å²) in [6, 6.07) is 11.4. The minimum atomic E-state index is -0.539. The molecule has 0 saturated heterocycles. The van der Waals surface area contributed by atoms with Crippen molar-refractivity contribution in [2.24, 2.45) is 7.05 Å². The molecule has 0 aliphatic carbocycles. The summed E-state index contributed by atoms with van der Waals surface area (Å²) in [5.41, 5.74) is 2.02. The Morgan fingerprint density at radius 3 is 2.57 bits per heavy atom. The molecule has 1 aromatic heterocycles. The Morgan fingerprint density at radius 2 is 1.96 bits per heavy atom. The van der Waals surface area contributed by atoms with Crippen LogP contribution >= 0.6 is 15.9 Å². The lowest BCUT2D eigenvalue weighted by atomic mass is 10.2. The number of nitrogens with zero attached hydrogens (tertiary/aromatic N) is 3. The van der Waals surface area contributed by atoms with Gasteiger partial charge in [-0.2, -0.15) is 5.10 Å². The van der Waals surface area contributed by atoms with Crippen molar-refractivity contribution in [3.05, 3.63) is 74.0 Å². The van der Waals surface area contributed by atoms with Gasteiger partial charge in [-0.1, -0.05) is 12.1 Å². The van der Waals surface area contributed by atoms with E-state index >= 15 is 0 Å². The van der Waals surface area contributed by atoms with Gasteiger partial charge in [0.25, 0.3) is 11.6 Å². The van der Waals surface area contributed by atoms with Crippen LogP contribution in [0.4, 0.5) is 11.4 Å². The van der Waals surface area contributed by atoms with Crippen LogP contribution in [0.3, 0.4) is 0 Å². The van der Waals surface area contributed by atoms with Gasteiger partial charge in [-0.3, -0.25) is 19.6 Å². The molecule has 1 N–H and O–H groups in total. The predicted molar refractivity (Wildman–Crippen MR) is 108 cm³/mol. The Bertz CT molecular complexity index is 1080. The lowest BCUT2D eigenvalue weighted by molar-refractivity contribution is -0.384. The van der Waals surface area contributed by atoms with E-state index in [9.17, 15) is 14.9 Å². The molecule has 0 aliphatic rings. The largest absolute Gasteiger partial charge is 0.457 e. The molecule has 8 nitrogen and oxygen atoms in total. The lowest BCUT2D eigenvalue weighted by Gasteiger charge is -2.10. The quantitative estimate of drug-likeness (QED) is 0.451. The van der Waals surface area contributed by atoms with E-state index in [0.29, 0.717) is 21.6 Å². The fourth-order valence-electron chi connectivity index (χ4n) is 2.70. The monoisotopic (exact) mass is 444 g/mol. The normalized spacial score (nSPS) is 10.6. The zero-order valence-electron chi connectivity index (χ0n) is 15.4. The van der Waals surface area contributed by atoms with E-state index in [-0.39, 0.29) is 17.1 Å². The van der Waals surface area contributed by atoms with E-state index in [2.05, 4.69) is 26.3 Å². The van der Waals surface area contributed by atoms with Gasteiger partial charge in [-0.25, -0.2) is 0 Å². The standard InChI is InChI=1S/C19H17BrN4O4/c1-11-5-4-6-15(7-11)28-16-9-13(8-14(10-16)24(26)27)21-19(25)18-17(20)12(2)22-23(18)3/h4-10H,1-3H3,(H,21,25). The number of carbonyl (C=O) groups is 1. The van der Waals surface area contributed by atoms with Crippen molar-refractivity contribution in [2.45, 2.75) is 13.8 Å². The number of nitro groups is 1. The van der Waals surface area contributed by atoms with Crippen LogP contribution in [0.1, 0.15) is 21.7 Å². The number of carbonyl (C=O) groups excluding carboxylic acids is 1. The van der Waals surface area contributed by atoms with Crippen LogP contribution in [0.15, 0.2) is 46.9 Å². The smallest absolute Gasteiger partial charge is 0.275 e. The predicted octanol–water partition coefficient (Wildman–Crippen LogP) is 4.75. The number of hydrogen-bond donors (Lipinski definition) is 1. The van der Waals surface area contributed by atoms with Crippen LogP contribution in [0.2, 0.25) is 0 Å². The fourth-order valence-corrected chi connectivity index (χ4v) is 3.22. The van der Waals surface area contributed by atoms with Crippen molar-refractivity contribution in [1.82, 2.24) is 9.78 Å². The summed E-state index contributed by atoms with van der Waals surface area (Å²) in [6.45, 7) is 3.68. The van der Waals surface area contributed by atoms with Gasteiger partial charge >= 0.3 is 0 Å². The number of ether oxygens (including phenoxy) is 1. The summed E-state index contributed by atoms with van der Waals surface area (Å²) in [5.74, 6) is 0.343. The third-order valence-corrected chi connectivity index (χ3v) is 4.90. The average molecular weight is 445 g/mol. The molecule has 28 heavy (non-hydrogen) atoms. The van der Waals surface area contributed by atoms with Gasteiger partial charge in [0.1, 0.15) is 17.2 Å². The van der Waals surface area contributed by atoms with E-state index in [1.54, 1.807) is 20.0 Å². The molecule has 0 radical (unpaired) electrons. The van der Waals surface area contributed by atoms with Crippen molar-refractivity contribution in [3.8, 4) is 11.5 Å². The Hall–Kier alpha value is -3.20. The maximum absolute atomic E-state index is 12.7. The van der Waals surface area contributed by atoms with Crippen molar-refractivity contribution in [2.75, 3.05) is 5.32 Å². The molecular formula is C19H17BrN4O4. The number of aromatic nitrogens is 2. The first-order valence-electron chi connectivity index (χ1n) is 8.29. The summed E-state index contributed by atoms with van der Waals surface area (Å²) in [6.07, 6.45) is 0. The average Bonchev–Trinajstić information content (AvgIpc) is 2.86. The Morgan fingerprint density at radius 1 is 1.21 bits per heavy atom. The number of hydrogen-bond acceptors (Lipinski definition) is 5. The third kappa shape index (κ3) is 4.20. The Kier molecular flexibility index (Phi) is 5.46. The second-order valence-corrected chi connectivity index (χ2v) is 7.01. The molecule has 1 amide bonds. The van der Waals surface area contributed by atoms with Crippen LogP contribution < -0.4 is 10.1 Å². The van der Waals surface area contributed by atoms with E-state index in [0.717, 1.165) is 5.56 Å². The molecule has 0 fully saturated rings. The van der Waals surface area contributed by atoms with Crippen molar-refractivity contribution < 1.29 is 14.5 Å². The van der Waals surface area contributed by atoms with Crippen molar-refractivity contribution in [3.63, 3.8) is 0 Å². The summed E-state index contributed by atoms with van der Waals surface area (Å²) >= 11 is 3.34. The molecule has 3 aromatic rings. The maximum Gasteiger partial charge on any atom is 0.275 e. The van der Waals surface area contributed by atoms with Gasteiger partial charge in [0.2, 0.25) is 0 Å². The van der Waals surface area contributed by atoms with Gasteiger partial charge in [0.05, 0.1) is 26.8 Å². The van der Waals surface area contributed by atoms with Crippen molar-refractivity contribution >= 4 is 33.2 Å². The molecule has 0 spiro atoms. The molecule has 9 heteroatoms. The molecule has 0 atom stereocenters. The minimum Gasteiger partial charge on any atom is -0.457 e. The van der Waals surface area contributed by atoms with E-state index < -0.39 is 10.8 Å². The Labute approximate surface area is 169 Å². The second-order valence-electron chi connectivity index (χ2n) is 6.22. The topological polar surface area (TPSA) is 99.3 Å². The van der Waals surface area contributed by atoms with Crippen LogP contribution in [0.5, 0.6) is 11.5 Å². The number of non-ortho nitro benzene ring substituents is 1. The molecule has 0 unspecified atom stereocenters. The number of rotatable bonds is 5. The van der Waals surface area contributed by atoms with Gasteiger partial charge in [0.15, 0.2) is 0 Å². The van der Waals surface area contributed by atoms with E-state index in [1.807, 2.05) is 25.1 Å². The van der Waals surface area contributed by atoms with Crippen LogP contribution in [0.25, 0.3) is 0 Å². The molecule has 3 rings (SSSR count). The van der Waals surface area contributed by atoms with E-state index in [1.165, 1.54) is 22.9 Å². The first-order chi connectivity index (χ1) is 13.2. The van der Waals surface area contributed by atoms with Gasteiger partial charge < -0.3 is 10.1 Å². The number of amides is 1. The Balaban J connectivity index is 1.93. The first kappa shape index (κ1) is 19.6. The fraction of sp³-hybridized carbons (Fsp3) is 0.158. The maximum atomic E-state index is 12.7. The highest BCUT2D eigenvalue weighted by Gasteiger charge is 2.20. The zero-order chi connectivity index (χ0) is 20.4. The number of anilines is 1. The van der Waals surface area contributed by atoms with Crippen molar-refractivity contribution in [1.29, 1.82) is 0 Å². The van der Waals surface area contributed by atoms with Crippen LogP contribution in [0, 0.1) is 24.0 Å². The van der Waals surface area contributed by atoms with Gasteiger partial charge in [0, 0.05) is 19.2 Å². The molecule has 144 valence electrons. The number of nitro benzene ring substituents is 1. The van der Waals surface area contributed by atoms with Crippen LogP contribution in [-0.4, -0.2) is 20.6 Å². The van der Waals surface area contributed by atoms with Gasteiger partial charge in [-0.05, 0) is 47.5 Å². The van der Waals surface area contributed by atoms with E-state index in [4.69, 9.17) is 4.74 Å². The summed E-state index contributed by atoms with van der Waals surface area (Å²) in [4.78, 5) is 23.4. The summed E-state index contributed by atoms with van der Waals surface area (Å²) in [7, 11) is 1.65. The second kappa shape index (κ2) is 7.81. The third-order valence-electron chi connectivity index (χ3n) is 3.95. The summed E-state index contributed by atoms with van der Waals surface area (Å²) < 4.78 is 7.75. The molecule has 0 saturated carbocycles.